The molecule has 9 nitrogen and oxygen atoms in total. The molecule has 11 heteroatoms. The zero-order valence-electron chi connectivity index (χ0n) is 18.3. The van der Waals surface area contributed by atoms with Crippen LogP contribution in [0.15, 0.2) is 12.1 Å². The molecule has 1 aromatic carbocycles. The molecule has 0 aliphatic carbocycles. The third-order valence-electron chi connectivity index (χ3n) is 7.16. The van der Waals surface area contributed by atoms with Crippen LogP contribution in [0.5, 0.6) is 0 Å². The van der Waals surface area contributed by atoms with E-state index in [1.165, 1.54) is 0 Å². The van der Waals surface area contributed by atoms with E-state index in [9.17, 15) is 9.50 Å². The zero-order valence-corrected chi connectivity index (χ0v) is 19.0. The summed E-state index contributed by atoms with van der Waals surface area (Å²) in [5.41, 5.74) is 10.7. The maximum atomic E-state index is 14.9. The summed E-state index contributed by atoms with van der Waals surface area (Å²) in [5, 5.41) is 23.5. The summed E-state index contributed by atoms with van der Waals surface area (Å²) in [7, 11) is 1.80. The predicted molar refractivity (Wildman–Crippen MR) is 124 cm³/mol. The largest absolute Gasteiger partial charge is 0.390 e. The van der Waals surface area contributed by atoms with Crippen LogP contribution in [-0.4, -0.2) is 59.3 Å². The van der Waals surface area contributed by atoms with E-state index in [0.29, 0.717) is 46.4 Å². The van der Waals surface area contributed by atoms with Gasteiger partial charge in [0.2, 0.25) is 5.65 Å². The van der Waals surface area contributed by atoms with Crippen LogP contribution < -0.4 is 10.6 Å². The molecule has 4 aromatic rings. The highest BCUT2D eigenvalue weighted by Crippen LogP contribution is 2.41. The molecule has 0 saturated carbocycles. The van der Waals surface area contributed by atoms with Crippen LogP contribution in [0.1, 0.15) is 30.5 Å². The highest BCUT2D eigenvalue weighted by Gasteiger charge is 2.48. The third kappa shape index (κ3) is 2.90. The molecule has 2 bridgehead atoms. The molecule has 0 radical (unpaired) electrons. The number of nitrogens with two attached hydrogens (primary N) is 1. The van der Waals surface area contributed by atoms with Gasteiger partial charge in [-0.2, -0.15) is 10.2 Å². The Morgan fingerprint density at radius 1 is 1.30 bits per heavy atom. The van der Waals surface area contributed by atoms with E-state index in [0.717, 1.165) is 28.5 Å². The predicted octanol–water partition coefficient (Wildman–Crippen LogP) is 2.77. The Balaban J connectivity index is 1.49. The van der Waals surface area contributed by atoms with Crippen molar-refractivity contribution in [2.45, 2.75) is 57.1 Å². The first kappa shape index (κ1) is 20.8. The van der Waals surface area contributed by atoms with Crippen molar-refractivity contribution in [2.75, 3.05) is 4.90 Å². The van der Waals surface area contributed by atoms with Gasteiger partial charge >= 0.3 is 0 Å². The Morgan fingerprint density at radius 3 is 2.91 bits per heavy atom. The van der Waals surface area contributed by atoms with Gasteiger partial charge in [-0.05, 0) is 37.8 Å². The number of piperidine rings is 1. The van der Waals surface area contributed by atoms with Gasteiger partial charge < -0.3 is 15.7 Å². The van der Waals surface area contributed by atoms with Crippen molar-refractivity contribution < 1.29 is 9.50 Å². The zero-order chi connectivity index (χ0) is 23.0. The van der Waals surface area contributed by atoms with Crippen molar-refractivity contribution in [3.63, 3.8) is 0 Å². The standard InChI is InChI=1S/C22H24ClFN8O/c1-9-11(4-5-13-16(9)20(23)31(2)30-13)18-19-21(29-28-18)27-22(14(8-33)26-19)32-10-3-6-15(32)17(24)12(25)7-10/h4-5,10,12,15,17,33H,3,6-8,25H2,1-2H3,(H,27,28,29)/t10-,12+,15+,17+/m1/s1. The average Bonchev–Trinajstić information content (AvgIpc) is 3.45. The topological polar surface area (TPSA) is 122 Å². The number of hydrogen-bond donors (Lipinski definition) is 3. The minimum absolute atomic E-state index is 0.0878. The van der Waals surface area contributed by atoms with E-state index in [-0.39, 0.29) is 18.7 Å². The lowest BCUT2D eigenvalue weighted by Crippen LogP contribution is -2.56. The number of aliphatic hydroxyl groups is 1. The molecule has 2 aliphatic heterocycles. The highest BCUT2D eigenvalue weighted by atomic mass is 35.5. The van der Waals surface area contributed by atoms with Crippen molar-refractivity contribution in [3.05, 3.63) is 28.5 Å². The monoisotopic (exact) mass is 470 g/mol. The second kappa shape index (κ2) is 7.34. The van der Waals surface area contributed by atoms with Crippen LogP contribution in [0.2, 0.25) is 5.15 Å². The number of H-pyrrole nitrogens is 1. The number of halogens is 2. The fraction of sp³-hybridized carbons (Fsp3) is 0.455. The Bertz CT molecular complexity index is 1400. The summed E-state index contributed by atoms with van der Waals surface area (Å²) in [5.74, 6) is 0.493. The van der Waals surface area contributed by atoms with Gasteiger partial charge in [-0.25, -0.2) is 14.4 Å². The van der Waals surface area contributed by atoms with Crippen molar-refractivity contribution in [3.8, 4) is 11.3 Å². The van der Waals surface area contributed by atoms with E-state index in [2.05, 4.69) is 15.3 Å². The van der Waals surface area contributed by atoms with Gasteiger partial charge in [-0.3, -0.25) is 9.78 Å². The lowest BCUT2D eigenvalue weighted by Gasteiger charge is -2.41. The first-order valence-electron chi connectivity index (χ1n) is 11.0. The number of anilines is 1. The van der Waals surface area contributed by atoms with Gasteiger partial charge in [0.15, 0.2) is 5.82 Å². The average molecular weight is 471 g/mol. The highest BCUT2D eigenvalue weighted by molar-refractivity contribution is 6.35. The summed E-state index contributed by atoms with van der Waals surface area (Å²) < 4.78 is 16.5. The lowest BCUT2D eigenvalue weighted by molar-refractivity contribution is 0.202. The van der Waals surface area contributed by atoms with E-state index in [1.54, 1.807) is 11.7 Å². The van der Waals surface area contributed by atoms with E-state index < -0.39 is 12.2 Å². The molecule has 172 valence electrons. The Labute approximate surface area is 193 Å². The number of fused-ring (bicyclic) bond motifs is 4. The molecule has 4 N–H and O–H groups in total. The number of nitrogens with zero attached hydrogens (tertiary/aromatic N) is 6. The maximum Gasteiger partial charge on any atom is 0.202 e. The van der Waals surface area contributed by atoms with Crippen molar-refractivity contribution in [1.29, 1.82) is 0 Å². The normalized spacial score (nSPS) is 25.0. The summed E-state index contributed by atoms with van der Waals surface area (Å²) in [6, 6.07) is 3.11. The van der Waals surface area contributed by atoms with Crippen LogP contribution in [0.3, 0.4) is 0 Å². The molecule has 0 amide bonds. The van der Waals surface area contributed by atoms with Crippen LogP contribution in [0.25, 0.3) is 33.3 Å². The van der Waals surface area contributed by atoms with Crippen molar-refractivity contribution in [2.24, 2.45) is 12.8 Å². The van der Waals surface area contributed by atoms with Gasteiger partial charge in [0, 0.05) is 30.1 Å². The quantitative estimate of drug-likeness (QED) is 0.421. The first-order valence-corrected chi connectivity index (χ1v) is 11.4. The number of rotatable bonds is 3. The molecule has 5 heterocycles. The molecule has 2 fully saturated rings. The van der Waals surface area contributed by atoms with Crippen molar-refractivity contribution in [1.82, 2.24) is 29.9 Å². The smallest absolute Gasteiger partial charge is 0.202 e. The van der Waals surface area contributed by atoms with E-state index in [4.69, 9.17) is 27.3 Å². The molecule has 6 rings (SSSR count). The number of alkyl halides is 1. The number of aryl methyl sites for hydroxylation is 2. The summed E-state index contributed by atoms with van der Waals surface area (Å²) >= 11 is 6.48. The van der Waals surface area contributed by atoms with Gasteiger partial charge in [-0.1, -0.05) is 17.7 Å². The second-order valence-corrected chi connectivity index (χ2v) is 9.38. The summed E-state index contributed by atoms with van der Waals surface area (Å²) in [6.07, 6.45) is 0.974. The Hall–Kier alpha value is -2.82. The minimum atomic E-state index is -1.14. The Morgan fingerprint density at radius 2 is 2.12 bits per heavy atom. The van der Waals surface area contributed by atoms with E-state index >= 15 is 0 Å². The molecule has 33 heavy (non-hydrogen) atoms. The van der Waals surface area contributed by atoms with E-state index in [1.807, 2.05) is 24.0 Å². The van der Waals surface area contributed by atoms with Crippen LogP contribution in [-0.2, 0) is 13.7 Å². The van der Waals surface area contributed by atoms with Gasteiger partial charge in [0.05, 0.1) is 23.9 Å². The molecule has 0 spiro atoms. The lowest BCUT2D eigenvalue weighted by atomic mass is 9.96. The molecule has 2 saturated heterocycles. The number of aromatic nitrogens is 6. The minimum Gasteiger partial charge on any atom is -0.390 e. The van der Waals surface area contributed by atoms with Crippen LogP contribution in [0, 0.1) is 6.92 Å². The van der Waals surface area contributed by atoms with Crippen molar-refractivity contribution >= 4 is 39.5 Å². The number of nitrogens with one attached hydrogen (secondary N) is 1. The van der Waals surface area contributed by atoms with Gasteiger partial charge in [0.1, 0.15) is 22.5 Å². The first-order chi connectivity index (χ1) is 15.9. The summed E-state index contributed by atoms with van der Waals surface area (Å²) in [4.78, 5) is 11.4. The second-order valence-electron chi connectivity index (χ2n) is 9.02. The van der Waals surface area contributed by atoms with Gasteiger partial charge in [-0.15, -0.1) is 0 Å². The molecular weight excluding hydrogens is 447 g/mol. The number of hydrogen-bond acceptors (Lipinski definition) is 7. The fourth-order valence-electron chi connectivity index (χ4n) is 5.56. The third-order valence-corrected chi connectivity index (χ3v) is 7.59. The molecule has 4 atom stereocenters. The Kier molecular flexibility index (Phi) is 4.62. The molecule has 3 aromatic heterocycles. The van der Waals surface area contributed by atoms with Crippen LogP contribution in [0.4, 0.5) is 10.2 Å². The van der Waals surface area contributed by atoms with Gasteiger partial charge in [0.25, 0.3) is 0 Å². The summed E-state index contributed by atoms with van der Waals surface area (Å²) in [6.45, 7) is 1.66. The maximum absolute atomic E-state index is 14.9. The van der Waals surface area contributed by atoms with Crippen LogP contribution >= 0.6 is 11.6 Å². The fourth-order valence-corrected chi connectivity index (χ4v) is 5.83. The molecule has 2 aliphatic rings. The molecular formula is C22H24ClFN8O. The number of aliphatic hydroxyl groups excluding tert-OH is 1. The number of benzene rings is 1. The number of aromatic amines is 1. The SMILES string of the molecule is Cc1c(-c2[nH]nc3nc(N4[C@@H]5CC[C@H]4[C@@H](F)[C@@H](N)C5)c(CO)nc23)ccc2nn(C)c(Cl)c12. The molecule has 0 unspecified atom stereocenters.